The van der Waals surface area contributed by atoms with Crippen LogP contribution in [0.2, 0.25) is 0 Å². The van der Waals surface area contributed by atoms with Crippen molar-refractivity contribution < 1.29 is 9.53 Å². The highest BCUT2D eigenvalue weighted by Gasteiger charge is 2.27. The number of fused-ring (bicyclic) bond motifs is 6. The molecule has 1 atom stereocenters. The van der Waals surface area contributed by atoms with Gasteiger partial charge in [-0.05, 0) is 42.2 Å². The summed E-state index contributed by atoms with van der Waals surface area (Å²) in [5.74, 6) is -0.307. The van der Waals surface area contributed by atoms with Gasteiger partial charge in [0.2, 0.25) is 0 Å². The molecule has 4 nitrogen and oxygen atoms in total. The number of hydrogen-bond acceptors (Lipinski definition) is 4. The Balaban J connectivity index is 1.71. The maximum atomic E-state index is 12.3. The van der Waals surface area contributed by atoms with Crippen LogP contribution in [0.25, 0.3) is 17.8 Å². The SMILES string of the molecule is CCOC(=O)C1=c2c(ccc3c2=CN2C=Cc4ccccc4C2C3)N=C1. The fourth-order valence-electron chi connectivity index (χ4n) is 4.03. The zero-order valence-electron chi connectivity index (χ0n) is 14.5. The van der Waals surface area contributed by atoms with Crippen LogP contribution in [-0.2, 0) is 16.0 Å². The zero-order chi connectivity index (χ0) is 17.7. The summed E-state index contributed by atoms with van der Waals surface area (Å²) in [7, 11) is 0. The third kappa shape index (κ3) is 2.15. The van der Waals surface area contributed by atoms with Crippen molar-refractivity contribution in [1.82, 2.24) is 4.90 Å². The van der Waals surface area contributed by atoms with Crippen LogP contribution in [0.5, 0.6) is 0 Å². The average Bonchev–Trinajstić information content (AvgIpc) is 3.11. The van der Waals surface area contributed by atoms with E-state index < -0.39 is 0 Å². The standard InChI is InChI=1S/C22H18N2O2/c1-2-26-22(25)17-12-23-19-8-7-15-11-20-16-6-4-3-5-14(16)9-10-24(20)13-18(15)21(17)19/h3-10,12-13,20H,2,11H2,1H3. The minimum atomic E-state index is -0.307. The van der Waals surface area contributed by atoms with Crippen molar-refractivity contribution >= 4 is 35.7 Å². The van der Waals surface area contributed by atoms with Crippen molar-refractivity contribution in [3.05, 3.63) is 69.7 Å². The van der Waals surface area contributed by atoms with Crippen LogP contribution in [0.1, 0.15) is 29.7 Å². The number of carbonyl (C=O) groups is 1. The Hall–Kier alpha value is -3.14. The summed E-state index contributed by atoms with van der Waals surface area (Å²) < 4.78 is 5.22. The van der Waals surface area contributed by atoms with Crippen LogP contribution >= 0.6 is 0 Å². The number of aliphatic imine (C=N–C) groups is 1. The minimum Gasteiger partial charge on any atom is -0.462 e. The molecule has 0 bridgehead atoms. The average molecular weight is 342 g/mol. The summed E-state index contributed by atoms with van der Waals surface area (Å²) in [5.41, 5.74) is 5.23. The van der Waals surface area contributed by atoms with Crippen LogP contribution in [0.4, 0.5) is 5.69 Å². The summed E-state index contributed by atoms with van der Waals surface area (Å²) >= 11 is 0. The molecule has 26 heavy (non-hydrogen) atoms. The van der Waals surface area contributed by atoms with Gasteiger partial charge < -0.3 is 9.64 Å². The second kappa shape index (κ2) is 5.70. The first-order chi connectivity index (χ1) is 12.8. The second-order valence-electron chi connectivity index (χ2n) is 6.67. The van der Waals surface area contributed by atoms with Gasteiger partial charge in [0.1, 0.15) is 0 Å². The number of nitrogens with zero attached hydrogens (tertiary/aromatic N) is 2. The van der Waals surface area contributed by atoms with E-state index in [-0.39, 0.29) is 12.0 Å². The fourth-order valence-corrected chi connectivity index (χ4v) is 4.03. The molecule has 3 aliphatic heterocycles. The Morgan fingerprint density at radius 1 is 1.27 bits per heavy atom. The Bertz CT molecular complexity index is 1110. The smallest absolute Gasteiger partial charge is 0.340 e. The van der Waals surface area contributed by atoms with Gasteiger partial charge in [-0.2, -0.15) is 0 Å². The molecular weight excluding hydrogens is 324 g/mol. The molecule has 0 saturated carbocycles. The molecule has 0 radical (unpaired) electrons. The molecule has 0 spiro atoms. The van der Waals surface area contributed by atoms with Crippen molar-refractivity contribution in [1.29, 1.82) is 0 Å². The number of carbonyl (C=O) groups excluding carboxylic acids is 1. The van der Waals surface area contributed by atoms with E-state index in [9.17, 15) is 4.79 Å². The highest BCUT2D eigenvalue weighted by Crippen LogP contribution is 2.34. The van der Waals surface area contributed by atoms with Crippen LogP contribution in [0.3, 0.4) is 0 Å². The molecule has 2 aromatic rings. The third-order valence-electron chi connectivity index (χ3n) is 5.24. The lowest BCUT2D eigenvalue weighted by Gasteiger charge is -2.35. The molecule has 0 amide bonds. The first-order valence-electron chi connectivity index (χ1n) is 8.90. The maximum Gasteiger partial charge on any atom is 0.340 e. The van der Waals surface area contributed by atoms with E-state index in [0.29, 0.717) is 12.2 Å². The Labute approximate surface area is 151 Å². The first-order valence-corrected chi connectivity index (χ1v) is 8.90. The largest absolute Gasteiger partial charge is 0.462 e. The van der Waals surface area contributed by atoms with Gasteiger partial charge in [-0.3, -0.25) is 4.99 Å². The number of esters is 1. The molecule has 2 aromatic carbocycles. The van der Waals surface area contributed by atoms with Gasteiger partial charge >= 0.3 is 5.97 Å². The summed E-state index contributed by atoms with van der Waals surface area (Å²) in [6.45, 7) is 2.18. The molecule has 4 heteroatoms. The lowest BCUT2D eigenvalue weighted by atomic mass is 9.88. The van der Waals surface area contributed by atoms with Crippen LogP contribution < -0.4 is 10.4 Å². The van der Waals surface area contributed by atoms with Crippen LogP contribution in [0, 0.1) is 0 Å². The molecular formula is C22H18N2O2. The lowest BCUT2D eigenvalue weighted by Crippen LogP contribution is -2.40. The van der Waals surface area contributed by atoms with Crippen LogP contribution in [0.15, 0.2) is 47.6 Å². The molecule has 3 aliphatic rings. The van der Waals surface area contributed by atoms with E-state index in [1.165, 1.54) is 16.7 Å². The second-order valence-corrected chi connectivity index (χ2v) is 6.67. The maximum absolute atomic E-state index is 12.3. The van der Waals surface area contributed by atoms with E-state index >= 15 is 0 Å². The monoisotopic (exact) mass is 342 g/mol. The molecule has 0 aromatic heterocycles. The van der Waals surface area contributed by atoms with E-state index in [1.807, 2.05) is 13.0 Å². The Morgan fingerprint density at radius 2 is 2.15 bits per heavy atom. The molecule has 128 valence electrons. The number of benzene rings is 2. The van der Waals surface area contributed by atoms with E-state index in [0.717, 1.165) is 22.5 Å². The first kappa shape index (κ1) is 15.1. The predicted octanol–water partition coefficient (Wildman–Crippen LogP) is 2.44. The van der Waals surface area contributed by atoms with Gasteiger partial charge in [0.25, 0.3) is 0 Å². The molecule has 0 fully saturated rings. The minimum absolute atomic E-state index is 0.287. The fraction of sp³-hybridized carbons (Fsp3) is 0.182. The third-order valence-corrected chi connectivity index (χ3v) is 5.24. The molecule has 1 unspecified atom stereocenters. The van der Waals surface area contributed by atoms with Gasteiger partial charge in [-0.1, -0.05) is 30.3 Å². The number of hydrogen-bond donors (Lipinski definition) is 0. The van der Waals surface area contributed by atoms with Crippen molar-refractivity contribution in [3.8, 4) is 0 Å². The summed E-state index contributed by atoms with van der Waals surface area (Å²) in [5, 5.41) is 1.97. The van der Waals surface area contributed by atoms with Gasteiger partial charge in [0.05, 0.1) is 23.9 Å². The van der Waals surface area contributed by atoms with Gasteiger partial charge in [-0.15, -0.1) is 0 Å². The number of ether oxygens (including phenoxy) is 1. The van der Waals surface area contributed by atoms with Gasteiger partial charge in [-0.25, -0.2) is 4.79 Å². The molecule has 5 rings (SSSR count). The normalized spacial score (nSPS) is 18.6. The highest BCUT2D eigenvalue weighted by molar-refractivity contribution is 6.34. The van der Waals surface area contributed by atoms with Gasteiger partial charge in [0.15, 0.2) is 0 Å². The molecule has 0 N–H and O–H groups in total. The number of rotatable bonds is 2. The molecule has 0 saturated heterocycles. The Morgan fingerprint density at radius 3 is 3.04 bits per heavy atom. The quantitative estimate of drug-likeness (QED) is 0.787. The van der Waals surface area contributed by atoms with Crippen molar-refractivity contribution in [3.63, 3.8) is 0 Å². The molecule has 0 aliphatic carbocycles. The van der Waals surface area contributed by atoms with E-state index in [4.69, 9.17) is 4.74 Å². The van der Waals surface area contributed by atoms with Crippen molar-refractivity contribution in [2.75, 3.05) is 6.61 Å². The Kier molecular flexibility index (Phi) is 3.32. The van der Waals surface area contributed by atoms with E-state index in [2.05, 4.69) is 58.7 Å². The van der Waals surface area contributed by atoms with Crippen molar-refractivity contribution in [2.45, 2.75) is 19.4 Å². The van der Waals surface area contributed by atoms with Gasteiger partial charge in [0, 0.05) is 29.1 Å². The highest BCUT2D eigenvalue weighted by atomic mass is 16.5. The lowest BCUT2D eigenvalue weighted by molar-refractivity contribution is -0.135. The topological polar surface area (TPSA) is 41.9 Å². The summed E-state index contributed by atoms with van der Waals surface area (Å²) in [4.78, 5) is 19.0. The van der Waals surface area contributed by atoms with E-state index in [1.54, 1.807) is 6.21 Å². The van der Waals surface area contributed by atoms with Crippen molar-refractivity contribution in [2.24, 2.45) is 4.99 Å². The summed E-state index contributed by atoms with van der Waals surface area (Å²) in [6.07, 6.45) is 8.93. The predicted molar refractivity (Wildman–Crippen MR) is 102 cm³/mol. The molecule has 3 heterocycles. The summed E-state index contributed by atoms with van der Waals surface area (Å²) in [6, 6.07) is 12.9. The zero-order valence-corrected chi connectivity index (χ0v) is 14.5. The van der Waals surface area contributed by atoms with Crippen LogP contribution in [-0.4, -0.2) is 23.7 Å².